The van der Waals surface area contributed by atoms with Gasteiger partial charge in [0.05, 0.1) is 4.90 Å². The Morgan fingerprint density at radius 3 is 2.36 bits per heavy atom. The second-order valence-corrected chi connectivity index (χ2v) is 13.1. The van der Waals surface area contributed by atoms with Crippen molar-refractivity contribution < 1.29 is 13.2 Å². The van der Waals surface area contributed by atoms with E-state index in [4.69, 9.17) is 11.6 Å². The Bertz CT molecular complexity index is 1320. The average Bonchev–Trinajstić information content (AvgIpc) is 3.47. The minimum absolute atomic E-state index is 0.0557. The molecular weight excluding hydrogens is 534 g/mol. The smallest absolute Gasteiger partial charge is 0.241 e. The quantitative estimate of drug-likeness (QED) is 0.402. The van der Waals surface area contributed by atoms with Crippen LogP contribution >= 0.6 is 11.6 Å². The number of benzene rings is 2. The summed E-state index contributed by atoms with van der Waals surface area (Å²) in [6, 6.07) is 14.5. The molecule has 8 nitrogen and oxygen atoms in total. The lowest BCUT2D eigenvalue weighted by Gasteiger charge is -2.48. The van der Waals surface area contributed by atoms with Crippen LogP contribution in [0.15, 0.2) is 72.1 Å². The highest BCUT2D eigenvalue weighted by atomic mass is 35.5. The van der Waals surface area contributed by atoms with Crippen LogP contribution in [0, 0.1) is 11.3 Å². The zero-order valence-corrected chi connectivity index (χ0v) is 23.7. The first kappa shape index (κ1) is 27.8. The number of nitrogens with zero attached hydrogens (tertiary/aromatic N) is 4. The number of amides is 1. The number of carbonyl (C=O) groups is 1. The lowest BCUT2D eigenvalue weighted by Crippen LogP contribution is -2.54. The van der Waals surface area contributed by atoms with Gasteiger partial charge in [0.25, 0.3) is 0 Å². The first-order chi connectivity index (χ1) is 18.8. The van der Waals surface area contributed by atoms with Crippen LogP contribution in [0.3, 0.4) is 0 Å². The summed E-state index contributed by atoms with van der Waals surface area (Å²) in [5.41, 5.74) is 0.897. The van der Waals surface area contributed by atoms with Gasteiger partial charge in [-0.05, 0) is 73.3 Å². The number of hydrogen-bond donors (Lipinski definition) is 1. The molecule has 1 aliphatic carbocycles. The van der Waals surface area contributed by atoms with Crippen molar-refractivity contribution in [3.8, 4) is 0 Å². The van der Waals surface area contributed by atoms with E-state index in [2.05, 4.69) is 14.8 Å². The SMILES string of the molecule is O=C([C@@H](Cc1ccc(Cl)cc1)NS(=O)(=O)c1ccccc1)N1CCC(Cn2cncn2)(C2CCCCC2)CC1. The van der Waals surface area contributed by atoms with Crippen LogP contribution in [0.25, 0.3) is 0 Å². The van der Waals surface area contributed by atoms with Crippen LogP contribution < -0.4 is 4.72 Å². The van der Waals surface area contributed by atoms with Crippen LogP contribution in [0.2, 0.25) is 5.02 Å². The number of aromatic nitrogens is 3. The van der Waals surface area contributed by atoms with Gasteiger partial charge in [-0.3, -0.25) is 9.48 Å². The molecule has 1 aromatic heterocycles. The molecule has 1 amide bonds. The monoisotopic (exact) mass is 569 g/mol. The molecule has 5 rings (SSSR count). The number of halogens is 1. The molecule has 0 spiro atoms. The van der Waals surface area contributed by atoms with E-state index < -0.39 is 16.1 Å². The van der Waals surface area contributed by atoms with Crippen molar-refractivity contribution in [3.63, 3.8) is 0 Å². The van der Waals surface area contributed by atoms with Crippen molar-refractivity contribution in [2.45, 2.75) is 68.8 Å². The molecule has 2 fully saturated rings. The highest BCUT2D eigenvalue weighted by Crippen LogP contribution is 2.47. The second kappa shape index (κ2) is 12.2. The minimum Gasteiger partial charge on any atom is -0.341 e. The number of likely N-dealkylation sites (tertiary alicyclic amines) is 1. The van der Waals surface area contributed by atoms with Crippen molar-refractivity contribution in [2.24, 2.45) is 11.3 Å². The average molecular weight is 570 g/mol. The van der Waals surface area contributed by atoms with Crippen molar-refractivity contribution in [1.82, 2.24) is 24.4 Å². The van der Waals surface area contributed by atoms with Crippen LogP contribution in [0.4, 0.5) is 0 Å². The number of rotatable bonds is 9. The maximum absolute atomic E-state index is 13.9. The summed E-state index contributed by atoms with van der Waals surface area (Å²) in [6.07, 6.45) is 11.5. The summed E-state index contributed by atoms with van der Waals surface area (Å²) >= 11 is 6.06. The third-order valence-corrected chi connectivity index (χ3v) is 10.2. The number of sulfonamides is 1. The Hall–Kier alpha value is -2.75. The van der Waals surface area contributed by atoms with E-state index in [0.29, 0.717) is 24.0 Å². The van der Waals surface area contributed by atoms with Gasteiger partial charge in [0, 0.05) is 24.7 Å². The third-order valence-electron chi connectivity index (χ3n) is 8.49. The number of carbonyl (C=O) groups excluding carboxylic acids is 1. The van der Waals surface area contributed by atoms with Crippen molar-refractivity contribution >= 4 is 27.5 Å². The third kappa shape index (κ3) is 6.70. The Kier molecular flexibility index (Phi) is 8.69. The van der Waals surface area contributed by atoms with Gasteiger partial charge >= 0.3 is 0 Å². The van der Waals surface area contributed by atoms with Gasteiger partial charge in [-0.25, -0.2) is 13.4 Å². The number of piperidine rings is 1. The molecular formula is C29H36ClN5O3S. The molecule has 0 bridgehead atoms. The lowest BCUT2D eigenvalue weighted by atomic mass is 9.63. The summed E-state index contributed by atoms with van der Waals surface area (Å²) in [6.45, 7) is 1.98. The van der Waals surface area contributed by atoms with E-state index in [1.165, 1.54) is 44.2 Å². The van der Waals surface area contributed by atoms with E-state index in [9.17, 15) is 13.2 Å². The fraction of sp³-hybridized carbons (Fsp3) is 0.483. The van der Waals surface area contributed by atoms with Gasteiger partial charge in [0.1, 0.15) is 18.7 Å². The Labute approximate surface area is 235 Å². The maximum Gasteiger partial charge on any atom is 0.241 e. The zero-order valence-electron chi connectivity index (χ0n) is 22.1. The maximum atomic E-state index is 13.9. The molecule has 3 aromatic rings. The second-order valence-electron chi connectivity index (χ2n) is 10.9. The number of hydrogen-bond acceptors (Lipinski definition) is 5. The summed E-state index contributed by atoms with van der Waals surface area (Å²) in [5.74, 6) is 0.400. The largest absolute Gasteiger partial charge is 0.341 e. The lowest BCUT2D eigenvalue weighted by molar-refractivity contribution is -0.136. The topological polar surface area (TPSA) is 97.2 Å². The Morgan fingerprint density at radius 1 is 1.03 bits per heavy atom. The standard InChI is InChI=1S/C29H36ClN5O3S/c30-25-13-11-23(12-14-25)19-27(33-39(37,38)26-9-5-2-6-10-26)28(36)34-17-15-29(16-18-34,20-35-22-31-21-32-35)24-7-3-1-4-8-24/h2,5-6,9-14,21-22,24,27,33H,1,3-4,7-8,15-20H2/t27-/m1/s1. The van der Waals surface area contributed by atoms with Gasteiger partial charge in [0.2, 0.25) is 15.9 Å². The molecule has 2 heterocycles. The molecule has 1 atom stereocenters. The predicted molar refractivity (Wildman–Crippen MR) is 151 cm³/mol. The predicted octanol–water partition coefficient (Wildman–Crippen LogP) is 4.71. The van der Waals surface area contributed by atoms with Gasteiger partial charge in [-0.15, -0.1) is 0 Å². The van der Waals surface area contributed by atoms with Crippen molar-refractivity contribution in [2.75, 3.05) is 13.1 Å². The molecule has 39 heavy (non-hydrogen) atoms. The molecule has 208 valence electrons. The number of nitrogens with one attached hydrogen (secondary N) is 1. The van der Waals surface area contributed by atoms with E-state index >= 15 is 0 Å². The fourth-order valence-electron chi connectivity index (χ4n) is 6.33. The molecule has 1 saturated carbocycles. The summed E-state index contributed by atoms with van der Waals surface area (Å²) in [5, 5.41) is 4.99. The molecule has 10 heteroatoms. The normalized spacial score (nSPS) is 19.1. The van der Waals surface area contributed by atoms with Crippen molar-refractivity contribution in [1.29, 1.82) is 0 Å². The minimum atomic E-state index is -3.89. The molecule has 1 N–H and O–H groups in total. The first-order valence-corrected chi connectivity index (χ1v) is 15.6. The van der Waals surface area contributed by atoms with E-state index in [-0.39, 0.29) is 22.6 Å². The van der Waals surface area contributed by atoms with E-state index in [1.807, 2.05) is 21.7 Å². The zero-order chi connectivity index (χ0) is 27.3. The van der Waals surface area contributed by atoms with E-state index in [0.717, 1.165) is 24.9 Å². The summed E-state index contributed by atoms with van der Waals surface area (Å²) in [4.78, 5) is 20.1. The molecule has 1 aliphatic heterocycles. The fourth-order valence-corrected chi connectivity index (χ4v) is 7.67. The first-order valence-electron chi connectivity index (χ1n) is 13.8. The van der Waals surface area contributed by atoms with Gasteiger partial charge < -0.3 is 4.90 Å². The molecule has 2 aliphatic rings. The summed E-state index contributed by atoms with van der Waals surface area (Å²) < 4.78 is 31.1. The molecule has 2 aromatic carbocycles. The summed E-state index contributed by atoms with van der Waals surface area (Å²) in [7, 11) is -3.89. The Morgan fingerprint density at radius 2 is 1.72 bits per heavy atom. The Balaban J connectivity index is 1.35. The molecule has 1 saturated heterocycles. The van der Waals surface area contributed by atoms with Gasteiger partial charge in [0.15, 0.2) is 0 Å². The van der Waals surface area contributed by atoms with Crippen molar-refractivity contribution in [3.05, 3.63) is 77.8 Å². The highest BCUT2D eigenvalue weighted by molar-refractivity contribution is 7.89. The highest BCUT2D eigenvalue weighted by Gasteiger charge is 2.44. The van der Waals surface area contributed by atoms with Crippen LogP contribution in [0.5, 0.6) is 0 Å². The van der Waals surface area contributed by atoms with Gasteiger partial charge in [-0.1, -0.05) is 61.2 Å². The van der Waals surface area contributed by atoms with Crippen LogP contribution in [-0.4, -0.2) is 53.1 Å². The molecule has 0 radical (unpaired) electrons. The van der Waals surface area contributed by atoms with Crippen LogP contribution in [-0.2, 0) is 27.8 Å². The van der Waals surface area contributed by atoms with E-state index in [1.54, 1.807) is 43.0 Å². The molecule has 0 unspecified atom stereocenters. The van der Waals surface area contributed by atoms with Gasteiger partial charge in [-0.2, -0.15) is 9.82 Å². The van der Waals surface area contributed by atoms with Crippen LogP contribution in [0.1, 0.15) is 50.5 Å².